The zero-order valence-electron chi connectivity index (χ0n) is 10.0. The lowest BCUT2D eigenvalue weighted by Crippen LogP contribution is -2.28. The predicted octanol–water partition coefficient (Wildman–Crippen LogP) is 2.78. The van der Waals surface area contributed by atoms with Crippen molar-refractivity contribution in [2.75, 3.05) is 13.1 Å². The first-order valence-electron chi connectivity index (χ1n) is 6.46. The maximum absolute atomic E-state index is 4.42. The molecule has 0 radical (unpaired) electrons. The summed E-state index contributed by atoms with van der Waals surface area (Å²) in [6, 6.07) is 10.8. The number of rotatable bonds is 2. The van der Waals surface area contributed by atoms with E-state index in [1.807, 2.05) is 12.3 Å². The first-order valence-corrected chi connectivity index (χ1v) is 6.46. The third-order valence-corrected chi connectivity index (χ3v) is 3.65. The molecule has 2 nitrogen and oxygen atoms in total. The molecule has 1 aliphatic heterocycles. The first kappa shape index (κ1) is 10.7. The van der Waals surface area contributed by atoms with Crippen molar-refractivity contribution >= 4 is 10.9 Å². The molecule has 2 aromatic rings. The quantitative estimate of drug-likeness (QED) is 0.851. The lowest BCUT2D eigenvalue weighted by Gasteiger charge is -2.22. The first-order chi connectivity index (χ1) is 8.42. The molecule has 0 spiro atoms. The van der Waals surface area contributed by atoms with Crippen LogP contribution in [0.4, 0.5) is 0 Å². The van der Waals surface area contributed by atoms with E-state index in [0.717, 1.165) is 11.4 Å². The van der Waals surface area contributed by atoms with E-state index >= 15 is 0 Å². The smallest absolute Gasteiger partial charge is 0.0704 e. The summed E-state index contributed by atoms with van der Waals surface area (Å²) in [6.45, 7) is 2.35. The topological polar surface area (TPSA) is 24.9 Å². The molecule has 0 saturated carbocycles. The molecule has 0 amide bonds. The van der Waals surface area contributed by atoms with E-state index < -0.39 is 0 Å². The number of fused-ring (bicyclic) bond motifs is 1. The second-order valence-electron chi connectivity index (χ2n) is 4.93. The summed E-state index contributed by atoms with van der Waals surface area (Å²) in [5, 5.41) is 4.66. The van der Waals surface area contributed by atoms with Crippen molar-refractivity contribution in [2.24, 2.45) is 5.92 Å². The fourth-order valence-corrected chi connectivity index (χ4v) is 2.66. The van der Waals surface area contributed by atoms with Crippen molar-refractivity contribution in [2.45, 2.75) is 19.3 Å². The third kappa shape index (κ3) is 2.47. The molecule has 1 saturated heterocycles. The fourth-order valence-electron chi connectivity index (χ4n) is 2.66. The summed E-state index contributed by atoms with van der Waals surface area (Å²) in [5.41, 5.74) is 2.56. The Morgan fingerprint density at radius 2 is 2.06 bits per heavy atom. The van der Waals surface area contributed by atoms with Crippen molar-refractivity contribution in [3.8, 4) is 0 Å². The van der Waals surface area contributed by atoms with E-state index in [2.05, 4.69) is 34.6 Å². The van der Waals surface area contributed by atoms with Gasteiger partial charge in [0.05, 0.1) is 5.52 Å². The molecule has 17 heavy (non-hydrogen) atoms. The summed E-state index contributed by atoms with van der Waals surface area (Å²) in [7, 11) is 0. The van der Waals surface area contributed by atoms with Gasteiger partial charge < -0.3 is 5.32 Å². The number of hydrogen-bond donors (Lipinski definition) is 1. The van der Waals surface area contributed by atoms with Crippen LogP contribution in [0.25, 0.3) is 10.9 Å². The van der Waals surface area contributed by atoms with E-state index in [-0.39, 0.29) is 0 Å². The monoisotopic (exact) mass is 226 g/mol. The number of aromatic nitrogens is 1. The molecule has 0 bridgehead atoms. The standard InChI is InChI=1S/C15H18N2/c1-2-14-4-3-13(11-15(14)17-7-1)10-12-5-8-16-9-6-12/h1-4,7,11-12,16H,5-6,8-10H2. The van der Waals surface area contributed by atoms with Crippen LogP contribution < -0.4 is 5.32 Å². The Bertz CT molecular complexity index is 501. The highest BCUT2D eigenvalue weighted by molar-refractivity contribution is 5.78. The minimum Gasteiger partial charge on any atom is -0.317 e. The average molecular weight is 226 g/mol. The second-order valence-corrected chi connectivity index (χ2v) is 4.93. The van der Waals surface area contributed by atoms with Gasteiger partial charge in [-0.3, -0.25) is 4.98 Å². The summed E-state index contributed by atoms with van der Waals surface area (Å²) in [5.74, 6) is 0.845. The van der Waals surface area contributed by atoms with Crippen molar-refractivity contribution in [3.05, 3.63) is 42.1 Å². The van der Waals surface area contributed by atoms with Gasteiger partial charge in [0.15, 0.2) is 0 Å². The molecular weight excluding hydrogens is 208 g/mol. The Morgan fingerprint density at radius 1 is 1.18 bits per heavy atom. The normalized spacial score (nSPS) is 17.4. The minimum atomic E-state index is 0.845. The molecule has 88 valence electrons. The van der Waals surface area contributed by atoms with E-state index in [1.165, 1.54) is 43.3 Å². The van der Waals surface area contributed by atoms with Gasteiger partial charge in [0.2, 0.25) is 0 Å². The van der Waals surface area contributed by atoms with Gasteiger partial charge in [-0.15, -0.1) is 0 Å². The molecule has 2 heterocycles. The Hall–Kier alpha value is -1.41. The highest BCUT2D eigenvalue weighted by atomic mass is 14.9. The lowest BCUT2D eigenvalue weighted by atomic mass is 9.91. The molecule has 0 unspecified atom stereocenters. The molecular formula is C15H18N2. The fraction of sp³-hybridized carbons (Fsp3) is 0.400. The van der Waals surface area contributed by atoms with Crippen LogP contribution >= 0.6 is 0 Å². The average Bonchev–Trinajstić information content (AvgIpc) is 2.40. The van der Waals surface area contributed by atoms with Crippen LogP contribution in [0, 0.1) is 5.92 Å². The Morgan fingerprint density at radius 3 is 2.94 bits per heavy atom. The van der Waals surface area contributed by atoms with Crippen molar-refractivity contribution in [1.29, 1.82) is 0 Å². The summed E-state index contributed by atoms with van der Waals surface area (Å²) in [6.07, 6.45) is 5.69. The molecule has 1 fully saturated rings. The molecule has 1 aliphatic rings. The number of benzene rings is 1. The maximum Gasteiger partial charge on any atom is 0.0704 e. The van der Waals surface area contributed by atoms with E-state index in [1.54, 1.807) is 0 Å². The molecule has 1 N–H and O–H groups in total. The van der Waals surface area contributed by atoms with E-state index in [0.29, 0.717) is 0 Å². The molecule has 2 heteroatoms. The van der Waals surface area contributed by atoms with Crippen LogP contribution in [-0.4, -0.2) is 18.1 Å². The highest BCUT2D eigenvalue weighted by Gasteiger charge is 2.13. The third-order valence-electron chi connectivity index (χ3n) is 3.65. The number of hydrogen-bond acceptors (Lipinski definition) is 2. The Balaban J connectivity index is 1.80. The molecule has 1 aromatic heterocycles. The van der Waals surface area contributed by atoms with Gasteiger partial charge in [0, 0.05) is 11.6 Å². The number of nitrogens with zero attached hydrogens (tertiary/aromatic N) is 1. The summed E-state index contributed by atoms with van der Waals surface area (Å²) in [4.78, 5) is 4.42. The Labute approximate surface area is 102 Å². The zero-order chi connectivity index (χ0) is 11.5. The molecule has 1 aromatic carbocycles. The highest BCUT2D eigenvalue weighted by Crippen LogP contribution is 2.20. The van der Waals surface area contributed by atoms with Gasteiger partial charge >= 0.3 is 0 Å². The molecule has 0 aliphatic carbocycles. The van der Waals surface area contributed by atoms with Gasteiger partial charge in [-0.25, -0.2) is 0 Å². The summed E-state index contributed by atoms with van der Waals surface area (Å²) < 4.78 is 0. The second kappa shape index (κ2) is 4.84. The van der Waals surface area contributed by atoms with Crippen molar-refractivity contribution in [3.63, 3.8) is 0 Å². The van der Waals surface area contributed by atoms with Crippen molar-refractivity contribution in [1.82, 2.24) is 10.3 Å². The van der Waals surface area contributed by atoms with Gasteiger partial charge in [0.25, 0.3) is 0 Å². The zero-order valence-corrected chi connectivity index (χ0v) is 10.0. The van der Waals surface area contributed by atoms with Gasteiger partial charge in [0.1, 0.15) is 0 Å². The Kier molecular flexibility index (Phi) is 3.06. The van der Waals surface area contributed by atoms with Gasteiger partial charge in [-0.2, -0.15) is 0 Å². The SMILES string of the molecule is c1cnc2cc(CC3CCNCC3)ccc2c1. The lowest BCUT2D eigenvalue weighted by molar-refractivity contribution is 0.373. The van der Waals surface area contributed by atoms with Crippen LogP contribution in [-0.2, 0) is 6.42 Å². The molecule has 0 atom stereocenters. The van der Waals surface area contributed by atoms with Crippen LogP contribution in [0.1, 0.15) is 18.4 Å². The van der Waals surface area contributed by atoms with Gasteiger partial charge in [-0.1, -0.05) is 18.2 Å². The van der Waals surface area contributed by atoms with Crippen LogP contribution in [0.15, 0.2) is 36.5 Å². The largest absolute Gasteiger partial charge is 0.317 e. The van der Waals surface area contributed by atoms with Crippen LogP contribution in [0.2, 0.25) is 0 Å². The van der Waals surface area contributed by atoms with Crippen LogP contribution in [0.5, 0.6) is 0 Å². The minimum absolute atomic E-state index is 0.845. The van der Waals surface area contributed by atoms with E-state index in [9.17, 15) is 0 Å². The van der Waals surface area contributed by atoms with Gasteiger partial charge in [-0.05, 0) is 56.0 Å². The van der Waals surface area contributed by atoms with E-state index in [4.69, 9.17) is 0 Å². The molecule has 3 rings (SSSR count). The number of piperidine rings is 1. The number of nitrogens with one attached hydrogen (secondary N) is 1. The summed E-state index contributed by atoms with van der Waals surface area (Å²) >= 11 is 0. The number of pyridine rings is 1. The maximum atomic E-state index is 4.42. The van der Waals surface area contributed by atoms with Crippen molar-refractivity contribution < 1.29 is 0 Å². The van der Waals surface area contributed by atoms with Crippen LogP contribution in [0.3, 0.4) is 0 Å². The predicted molar refractivity (Wildman–Crippen MR) is 71.0 cm³/mol.